The predicted molar refractivity (Wildman–Crippen MR) is 76.5 cm³/mol. The number of carbonyl (C=O) groups excluding carboxylic acids is 1. The van der Waals surface area contributed by atoms with Gasteiger partial charge >= 0.3 is 0 Å². The van der Waals surface area contributed by atoms with Crippen molar-refractivity contribution in [2.75, 3.05) is 13.1 Å². The van der Waals surface area contributed by atoms with Gasteiger partial charge in [-0.3, -0.25) is 4.79 Å². The van der Waals surface area contributed by atoms with Crippen LogP contribution in [0, 0.1) is 29.6 Å². The summed E-state index contributed by atoms with van der Waals surface area (Å²) in [6.45, 7) is 1.66. The molecule has 4 atom stereocenters. The monoisotopic (exact) mass is 264 g/mol. The standard InChI is InChI=1S/C16H28N2O/c17-9-11-5-1-2-6-12(11)10-18-16(19)15-13-7-3-4-8-14(13)15/h11-15H,1-10,17H2,(H,18,19). The topological polar surface area (TPSA) is 55.1 Å². The maximum Gasteiger partial charge on any atom is 0.223 e. The number of rotatable bonds is 4. The van der Waals surface area contributed by atoms with Crippen molar-refractivity contribution in [3.05, 3.63) is 0 Å². The van der Waals surface area contributed by atoms with Crippen molar-refractivity contribution in [3.8, 4) is 0 Å². The highest BCUT2D eigenvalue weighted by Gasteiger charge is 2.54. The van der Waals surface area contributed by atoms with Gasteiger partial charge < -0.3 is 11.1 Å². The summed E-state index contributed by atoms with van der Waals surface area (Å²) in [4.78, 5) is 12.3. The lowest BCUT2D eigenvalue weighted by Gasteiger charge is -2.30. The minimum absolute atomic E-state index is 0.346. The summed E-state index contributed by atoms with van der Waals surface area (Å²) >= 11 is 0. The molecule has 0 bridgehead atoms. The second kappa shape index (κ2) is 5.82. The van der Waals surface area contributed by atoms with E-state index in [-0.39, 0.29) is 0 Å². The number of hydrogen-bond donors (Lipinski definition) is 2. The molecule has 3 aliphatic rings. The Balaban J connectivity index is 1.45. The fourth-order valence-corrected chi connectivity index (χ4v) is 4.59. The maximum atomic E-state index is 12.3. The molecule has 19 heavy (non-hydrogen) atoms. The number of amides is 1. The summed E-state index contributed by atoms with van der Waals surface area (Å²) in [5, 5.41) is 3.24. The van der Waals surface area contributed by atoms with Crippen LogP contribution in [-0.4, -0.2) is 19.0 Å². The van der Waals surface area contributed by atoms with Crippen LogP contribution in [0.15, 0.2) is 0 Å². The number of nitrogens with two attached hydrogens (primary N) is 1. The molecule has 1 amide bonds. The Morgan fingerprint density at radius 1 is 0.947 bits per heavy atom. The van der Waals surface area contributed by atoms with Crippen molar-refractivity contribution in [3.63, 3.8) is 0 Å². The van der Waals surface area contributed by atoms with Crippen molar-refractivity contribution >= 4 is 5.91 Å². The Morgan fingerprint density at radius 2 is 1.53 bits per heavy atom. The van der Waals surface area contributed by atoms with Gasteiger partial charge in [-0.1, -0.05) is 25.7 Å². The molecule has 0 aromatic carbocycles. The molecule has 4 unspecified atom stereocenters. The van der Waals surface area contributed by atoms with Crippen molar-refractivity contribution < 1.29 is 4.79 Å². The minimum Gasteiger partial charge on any atom is -0.356 e. The molecule has 3 nitrogen and oxygen atoms in total. The second-order valence-electron chi connectivity index (χ2n) is 6.92. The highest BCUT2D eigenvalue weighted by atomic mass is 16.2. The second-order valence-corrected chi connectivity index (χ2v) is 6.92. The average Bonchev–Trinajstić information content (AvgIpc) is 3.19. The summed E-state index contributed by atoms with van der Waals surface area (Å²) in [6, 6.07) is 0. The van der Waals surface area contributed by atoms with Crippen LogP contribution in [-0.2, 0) is 4.79 Å². The lowest BCUT2D eigenvalue weighted by Crippen LogP contribution is -2.37. The van der Waals surface area contributed by atoms with Crippen LogP contribution >= 0.6 is 0 Å². The van der Waals surface area contributed by atoms with Crippen molar-refractivity contribution in [2.45, 2.75) is 51.4 Å². The van der Waals surface area contributed by atoms with E-state index in [1.165, 1.54) is 51.4 Å². The molecule has 0 aliphatic heterocycles. The Labute approximate surface area is 116 Å². The van der Waals surface area contributed by atoms with E-state index in [0.29, 0.717) is 23.7 Å². The zero-order valence-electron chi connectivity index (χ0n) is 11.9. The van der Waals surface area contributed by atoms with E-state index in [0.717, 1.165) is 24.9 Å². The van der Waals surface area contributed by atoms with E-state index in [9.17, 15) is 4.79 Å². The molecule has 3 heteroatoms. The van der Waals surface area contributed by atoms with E-state index in [1.54, 1.807) is 0 Å². The van der Waals surface area contributed by atoms with E-state index in [1.807, 2.05) is 0 Å². The fourth-order valence-electron chi connectivity index (χ4n) is 4.59. The zero-order valence-corrected chi connectivity index (χ0v) is 11.9. The van der Waals surface area contributed by atoms with Crippen LogP contribution in [0.1, 0.15) is 51.4 Å². The van der Waals surface area contributed by atoms with Gasteiger partial charge in [-0.25, -0.2) is 0 Å². The molecule has 0 radical (unpaired) electrons. The Bertz CT molecular complexity index is 319. The first kappa shape index (κ1) is 13.4. The third kappa shape index (κ3) is 2.81. The summed E-state index contributed by atoms with van der Waals surface area (Å²) in [5.41, 5.74) is 5.85. The molecule has 3 fully saturated rings. The SMILES string of the molecule is NCC1CCCCC1CNC(=O)C1C2CCCCC21. The van der Waals surface area contributed by atoms with E-state index >= 15 is 0 Å². The summed E-state index contributed by atoms with van der Waals surface area (Å²) in [7, 11) is 0. The summed E-state index contributed by atoms with van der Waals surface area (Å²) in [5.74, 6) is 3.43. The van der Waals surface area contributed by atoms with Gasteiger partial charge in [-0.2, -0.15) is 0 Å². The maximum absolute atomic E-state index is 12.3. The number of fused-ring (bicyclic) bond motifs is 1. The fraction of sp³-hybridized carbons (Fsp3) is 0.938. The first-order valence-corrected chi connectivity index (χ1v) is 8.29. The molecule has 0 aromatic rings. The van der Waals surface area contributed by atoms with Crippen molar-refractivity contribution in [2.24, 2.45) is 35.3 Å². The average molecular weight is 264 g/mol. The van der Waals surface area contributed by atoms with E-state index in [2.05, 4.69) is 5.32 Å². The Kier molecular flexibility index (Phi) is 4.11. The number of carbonyl (C=O) groups is 1. The largest absolute Gasteiger partial charge is 0.356 e. The van der Waals surface area contributed by atoms with Crippen molar-refractivity contribution in [1.82, 2.24) is 5.32 Å². The quantitative estimate of drug-likeness (QED) is 0.818. The first-order chi connectivity index (χ1) is 9.31. The van der Waals surface area contributed by atoms with Gasteiger partial charge in [-0.15, -0.1) is 0 Å². The summed E-state index contributed by atoms with van der Waals surface area (Å²) in [6.07, 6.45) is 10.4. The lowest BCUT2D eigenvalue weighted by atomic mass is 9.79. The molecule has 0 aromatic heterocycles. The van der Waals surface area contributed by atoms with Gasteiger partial charge in [0.05, 0.1) is 0 Å². The molecule has 0 heterocycles. The lowest BCUT2D eigenvalue weighted by molar-refractivity contribution is -0.123. The van der Waals surface area contributed by atoms with Crippen LogP contribution in [0.3, 0.4) is 0 Å². The molecule has 0 spiro atoms. The molecule has 0 saturated heterocycles. The van der Waals surface area contributed by atoms with Gasteiger partial charge in [0.2, 0.25) is 5.91 Å². The first-order valence-electron chi connectivity index (χ1n) is 8.29. The predicted octanol–water partition coefficient (Wildman–Crippen LogP) is 2.30. The van der Waals surface area contributed by atoms with E-state index in [4.69, 9.17) is 5.73 Å². The normalized spacial score (nSPS) is 41.4. The molecule has 3 saturated carbocycles. The zero-order chi connectivity index (χ0) is 13.2. The molecular formula is C16H28N2O. The minimum atomic E-state index is 0.346. The van der Waals surface area contributed by atoms with Crippen molar-refractivity contribution in [1.29, 1.82) is 0 Å². The Morgan fingerprint density at radius 3 is 2.16 bits per heavy atom. The molecular weight excluding hydrogens is 236 g/mol. The Hall–Kier alpha value is -0.570. The van der Waals surface area contributed by atoms with Gasteiger partial charge in [-0.05, 0) is 55.9 Å². The molecule has 108 valence electrons. The number of hydrogen-bond acceptors (Lipinski definition) is 2. The third-order valence-corrected chi connectivity index (χ3v) is 5.87. The molecule has 3 N–H and O–H groups in total. The van der Waals surface area contributed by atoms with Crippen LogP contribution in [0.4, 0.5) is 0 Å². The van der Waals surface area contributed by atoms with Gasteiger partial charge in [0.1, 0.15) is 0 Å². The smallest absolute Gasteiger partial charge is 0.223 e. The van der Waals surface area contributed by atoms with Crippen LogP contribution in [0.5, 0.6) is 0 Å². The van der Waals surface area contributed by atoms with Crippen LogP contribution in [0.25, 0.3) is 0 Å². The highest BCUT2D eigenvalue weighted by Crippen LogP contribution is 2.55. The van der Waals surface area contributed by atoms with Gasteiger partial charge in [0, 0.05) is 12.5 Å². The van der Waals surface area contributed by atoms with Crippen LogP contribution < -0.4 is 11.1 Å². The third-order valence-electron chi connectivity index (χ3n) is 5.87. The van der Waals surface area contributed by atoms with E-state index < -0.39 is 0 Å². The highest BCUT2D eigenvalue weighted by molar-refractivity contribution is 5.82. The molecule has 3 aliphatic carbocycles. The summed E-state index contributed by atoms with van der Waals surface area (Å²) < 4.78 is 0. The van der Waals surface area contributed by atoms with Gasteiger partial charge in [0.15, 0.2) is 0 Å². The number of nitrogens with one attached hydrogen (secondary N) is 1. The molecule has 3 rings (SSSR count). The van der Waals surface area contributed by atoms with Gasteiger partial charge in [0.25, 0.3) is 0 Å². The van der Waals surface area contributed by atoms with Crippen LogP contribution in [0.2, 0.25) is 0 Å².